The van der Waals surface area contributed by atoms with Gasteiger partial charge in [-0.05, 0) is 61.3 Å². The molecule has 2 saturated carbocycles. The van der Waals surface area contributed by atoms with Crippen molar-refractivity contribution >= 4 is 5.78 Å². The highest BCUT2D eigenvalue weighted by Crippen LogP contribution is 2.59. The van der Waals surface area contributed by atoms with E-state index in [0.29, 0.717) is 23.5 Å². The molecule has 2 aliphatic carbocycles. The van der Waals surface area contributed by atoms with E-state index in [-0.39, 0.29) is 0 Å². The van der Waals surface area contributed by atoms with Crippen LogP contribution in [0.25, 0.3) is 0 Å². The summed E-state index contributed by atoms with van der Waals surface area (Å²) in [6.07, 6.45) is 16.8. The topological polar surface area (TPSA) is 17.1 Å². The number of Topliss-reactive ketones (excluding diaryl/α,β-unsaturated/α-hetero) is 1. The largest absolute Gasteiger partial charge is 0.294 e. The molecular weight excluding hydrogens is 316 g/mol. The number of carbonyl (C=O) groups excluding carboxylic acids is 1. The lowest BCUT2D eigenvalue weighted by atomic mass is 9.51. The molecule has 0 spiro atoms. The molecule has 3 rings (SSSR count). The van der Waals surface area contributed by atoms with Crippen LogP contribution >= 0.6 is 0 Å². The first-order chi connectivity index (χ1) is 12.7. The van der Waals surface area contributed by atoms with Gasteiger partial charge in [-0.25, -0.2) is 0 Å². The third-order valence-electron chi connectivity index (χ3n) is 7.39. The smallest absolute Gasteiger partial charge is 0.162 e. The van der Waals surface area contributed by atoms with Gasteiger partial charge in [0.25, 0.3) is 0 Å². The minimum Gasteiger partial charge on any atom is -0.294 e. The second-order valence-corrected chi connectivity index (χ2v) is 8.91. The van der Waals surface area contributed by atoms with Crippen LogP contribution in [-0.4, -0.2) is 5.78 Å². The second kappa shape index (κ2) is 9.20. The third kappa shape index (κ3) is 4.07. The van der Waals surface area contributed by atoms with E-state index in [0.717, 1.165) is 24.3 Å². The Bertz CT molecular complexity index is 570. The van der Waals surface area contributed by atoms with Crippen molar-refractivity contribution in [2.45, 2.75) is 103 Å². The van der Waals surface area contributed by atoms with Gasteiger partial charge >= 0.3 is 0 Å². The van der Waals surface area contributed by atoms with Gasteiger partial charge in [0.15, 0.2) is 5.78 Å². The Morgan fingerprint density at radius 2 is 1.69 bits per heavy atom. The molecule has 1 nitrogen and oxygen atoms in total. The Morgan fingerprint density at radius 3 is 2.42 bits per heavy atom. The van der Waals surface area contributed by atoms with Crippen molar-refractivity contribution in [2.75, 3.05) is 0 Å². The van der Waals surface area contributed by atoms with Crippen molar-refractivity contribution in [3.8, 4) is 0 Å². The number of rotatable bonds is 8. The third-order valence-corrected chi connectivity index (χ3v) is 7.39. The summed E-state index contributed by atoms with van der Waals surface area (Å²) < 4.78 is 0. The number of fused-ring (bicyclic) bond motifs is 1. The van der Waals surface area contributed by atoms with Crippen LogP contribution in [0.2, 0.25) is 0 Å². The van der Waals surface area contributed by atoms with Crippen molar-refractivity contribution in [3.05, 3.63) is 35.4 Å². The van der Waals surface area contributed by atoms with Gasteiger partial charge < -0.3 is 0 Å². The molecule has 0 N–H and O–H groups in total. The summed E-state index contributed by atoms with van der Waals surface area (Å²) in [5.74, 6) is 1.97. The summed E-state index contributed by atoms with van der Waals surface area (Å²) in [7, 11) is 0. The van der Waals surface area contributed by atoms with Gasteiger partial charge in [-0.2, -0.15) is 0 Å². The van der Waals surface area contributed by atoms with Gasteiger partial charge in [-0.15, -0.1) is 0 Å². The molecule has 2 aliphatic rings. The summed E-state index contributed by atoms with van der Waals surface area (Å²) in [4.78, 5) is 12.3. The maximum atomic E-state index is 12.3. The quantitative estimate of drug-likeness (QED) is 0.437. The Kier molecular flexibility index (Phi) is 6.95. The van der Waals surface area contributed by atoms with Crippen LogP contribution in [0.15, 0.2) is 24.3 Å². The SMILES string of the molecule is CCCCC(=O)c1ccc(C2CCC[C@H]3CCCC[C@]23CCCC)cc1. The molecule has 0 amide bonds. The van der Waals surface area contributed by atoms with E-state index in [1.807, 2.05) is 0 Å². The first-order valence-electron chi connectivity index (χ1n) is 11.3. The van der Waals surface area contributed by atoms with Crippen molar-refractivity contribution < 1.29 is 4.79 Å². The normalized spacial score (nSPS) is 28.5. The number of hydrogen-bond donors (Lipinski definition) is 0. The zero-order chi connectivity index (χ0) is 18.4. The fourth-order valence-electron chi connectivity index (χ4n) is 5.97. The molecule has 2 fully saturated rings. The lowest BCUT2D eigenvalue weighted by molar-refractivity contribution is 0.0101. The first kappa shape index (κ1) is 19.6. The molecule has 144 valence electrons. The molecule has 0 bridgehead atoms. The molecule has 26 heavy (non-hydrogen) atoms. The van der Waals surface area contributed by atoms with Gasteiger partial charge in [0.05, 0.1) is 0 Å². The fraction of sp³-hybridized carbons (Fsp3) is 0.720. The van der Waals surface area contributed by atoms with E-state index in [9.17, 15) is 4.79 Å². The lowest BCUT2D eigenvalue weighted by Gasteiger charge is -2.53. The summed E-state index contributed by atoms with van der Waals surface area (Å²) in [5, 5.41) is 0. The maximum Gasteiger partial charge on any atom is 0.162 e. The summed E-state index contributed by atoms with van der Waals surface area (Å²) >= 11 is 0. The molecule has 0 saturated heterocycles. The number of benzene rings is 1. The minimum absolute atomic E-state index is 0.318. The number of unbranched alkanes of at least 4 members (excludes halogenated alkanes) is 2. The monoisotopic (exact) mass is 354 g/mol. The standard InChI is InChI=1S/C25H38O/c1-3-5-13-24(26)21-16-14-20(15-17-21)23-12-9-11-22-10-7-8-19-25(22,23)18-6-4-2/h14-17,22-23H,3-13,18-19H2,1-2H3/t22-,23?,25+/m1/s1. The van der Waals surface area contributed by atoms with Crippen molar-refractivity contribution in [1.29, 1.82) is 0 Å². The summed E-state index contributed by atoms with van der Waals surface area (Å²) in [5.41, 5.74) is 2.97. The minimum atomic E-state index is 0.318. The molecule has 1 aromatic carbocycles. The molecular formula is C25H38O. The molecule has 1 unspecified atom stereocenters. The average molecular weight is 355 g/mol. The first-order valence-corrected chi connectivity index (χ1v) is 11.3. The predicted octanol–water partition coefficient (Wildman–Crippen LogP) is 7.69. The molecule has 0 radical (unpaired) electrons. The van der Waals surface area contributed by atoms with Crippen LogP contribution in [-0.2, 0) is 0 Å². The van der Waals surface area contributed by atoms with E-state index >= 15 is 0 Å². The number of carbonyl (C=O) groups is 1. The highest BCUT2D eigenvalue weighted by molar-refractivity contribution is 5.96. The predicted molar refractivity (Wildman–Crippen MR) is 111 cm³/mol. The maximum absolute atomic E-state index is 12.3. The van der Waals surface area contributed by atoms with Crippen LogP contribution < -0.4 is 0 Å². The second-order valence-electron chi connectivity index (χ2n) is 8.91. The zero-order valence-electron chi connectivity index (χ0n) is 17.1. The van der Waals surface area contributed by atoms with Gasteiger partial charge in [0.2, 0.25) is 0 Å². The van der Waals surface area contributed by atoms with E-state index in [4.69, 9.17) is 0 Å². The molecule has 1 heteroatoms. The molecule has 0 aliphatic heterocycles. The molecule has 1 aromatic rings. The number of hydrogen-bond acceptors (Lipinski definition) is 1. The number of ketones is 1. The van der Waals surface area contributed by atoms with Crippen LogP contribution in [0.4, 0.5) is 0 Å². The van der Waals surface area contributed by atoms with E-state index in [1.165, 1.54) is 69.8 Å². The van der Waals surface area contributed by atoms with E-state index in [2.05, 4.69) is 38.1 Å². The highest BCUT2D eigenvalue weighted by atomic mass is 16.1. The molecule has 0 heterocycles. The van der Waals surface area contributed by atoms with Gasteiger partial charge in [0, 0.05) is 12.0 Å². The van der Waals surface area contributed by atoms with Crippen LogP contribution in [0.1, 0.15) is 119 Å². The van der Waals surface area contributed by atoms with Gasteiger partial charge in [0.1, 0.15) is 0 Å². The average Bonchev–Trinajstić information content (AvgIpc) is 2.70. The van der Waals surface area contributed by atoms with E-state index in [1.54, 1.807) is 0 Å². The Balaban J connectivity index is 1.82. The lowest BCUT2D eigenvalue weighted by Crippen LogP contribution is -2.42. The van der Waals surface area contributed by atoms with Gasteiger partial charge in [-0.1, -0.05) is 76.6 Å². The Hall–Kier alpha value is -1.11. The molecule has 3 atom stereocenters. The van der Waals surface area contributed by atoms with Crippen molar-refractivity contribution in [1.82, 2.24) is 0 Å². The van der Waals surface area contributed by atoms with Gasteiger partial charge in [-0.3, -0.25) is 4.79 Å². The van der Waals surface area contributed by atoms with E-state index < -0.39 is 0 Å². The van der Waals surface area contributed by atoms with Crippen LogP contribution in [0.3, 0.4) is 0 Å². The van der Waals surface area contributed by atoms with Crippen LogP contribution in [0.5, 0.6) is 0 Å². The van der Waals surface area contributed by atoms with Crippen LogP contribution in [0, 0.1) is 11.3 Å². The Labute approximate surface area is 161 Å². The highest BCUT2D eigenvalue weighted by Gasteiger charge is 2.48. The Morgan fingerprint density at radius 1 is 0.962 bits per heavy atom. The summed E-state index contributed by atoms with van der Waals surface area (Å²) in [6, 6.07) is 8.84. The summed E-state index contributed by atoms with van der Waals surface area (Å²) in [6.45, 7) is 4.48. The molecule has 0 aromatic heterocycles. The zero-order valence-corrected chi connectivity index (χ0v) is 17.1. The fourth-order valence-corrected chi connectivity index (χ4v) is 5.97. The van der Waals surface area contributed by atoms with Crippen molar-refractivity contribution in [2.24, 2.45) is 11.3 Å². The van der Waals surface area contributed by atoms with Crippen molar-refractivity contribution in [3.63, 3.8) is 0 Å².